The Hall–Kier alpha value is -1.34. The van der Waals surface area contributed by atoms with Crippen molar-refractivity contribution in [3.8, 4) is 11.5 Å². The van der Waals surface area contributed by atoms with Crippen molar-refractivity contribution < 1.29 is 18.9 Å². The molecule has 0 unspecified atom stereocenters. The molecule has 3 aliphatic rings. The standard InChI is InChI=1S/C21H32N2O4/c1-24-19-13-17-15-23(6-5-22-7-11-27-12-8-22)16-21(3-9-26-10-4-21)18(17)14-20(19)25-2/h13-14H,3-12,15-16H2,1-2H3. The lowest BCUT2D eigenvalue weighted by molar-refractivity contribution is 0.0138. The lowest BCUT2D eigenvalue weighted by Gasteiger charge is -2.47. The van der Waals surface area contributed by atoms with Crippen LogP contribution in [0.5, 0.6) is 11.5 Å². The molecule has 3 aliphatic heterocycles. The second-order valence-corrected chi connectivity index (χ2v) is 7.92. The average molecular weight is 376 g/mol. The maximum absolute atomic E-state index is 5.71. The highest BCUT2D eigenvalue weighted by atomic mass is 16.5. The van der Waals surface area contributed by atoms with Crippen LogP contribution in [-0.2, 0) is 21.4 Å². The molecule has 0 amide bonds. The molecule has 6 heteroatoms. The van der Waals surface area contributed by atoms with E-state index in [1.54, 1.807) is 14.2 Å². The van der Waals surface area contributed by atoms with Crippen molar-refractivity contribution in [1.29, 1.82) is 0 Å². The topological polar surface area (TPSA) is 43.4 Å². The number of ether oxygens (including phenoxy) is 4. The van der Waals surface area contributed by atoms with Crippen LogP contribution in [0.3, 0.4) is 0 Å². The first-order valence-electron chi connectivity index (χ1n) is 10.1. The molecule has 150 valence electrons. The summed E-state index contributed by atoms with van der Waals surface area (Å²) in [5, 5.41) is 0. The molecule has 0 aromatic heterocycles. The van der Waals surface area contributed by atoms with Crippen LogP contribution >= 0.6 is 0 Å². The van der Waals surface area contributed by atoms with Gasteiger partial charge >= 0.3 is 0 Å². The number of morpholine rings is 1. The molecule has 4 rings (SSSR count). The summed E-state index contributed by atoms with van der Waals surface area (Å²) in [6.45, 7) is 9.78. The van der Waals surface area contributed by atoms with Crippen LogP contribution in [0, 0.1) is 0 Å². The zero-order valence-corrected chi connectivity index (χ0v) is 16.7. The van der Waals surface area contributed by atoms with Crippen LogP contribution in [0.15, 0.2) is 12.1 Å². The molecule has 1 aromatic carbocycles. The Morgan fingerprint density at radius 3 is 2.22 bits per heavy atom. The maximum Gasteiger partial charge on any atom is 0.161 e. The third-order valence-corrected chi connectivity index (χ3v) is 6.39. The molecule has 0 aliphatic carbocycles. The second kappa shape index (κ2) is 8.35. The molecule has 0 bridgehead atoms. The summed E-state index contributed by atoms with van der Waals surface area (Å²) in [7, 11) is 3.44. The van der Waals surface area contributed by atoms with Crippen LogP contribution in [0.2, 0.25) is 0 Å². The van der Waals surface area contributed by atoms with E-state index in [2.05, 4.69) is 21.9 Å². The van der Waals surface area contributed by atoms with E-state index in [0.717, 1.165) is 90.0 Å². The first-order valence-corrected chi connectivity index (χ1v) is 10.1. The van der Waals surface area contributed by atoms with Crippen LogP contribution < -0.4 is 9.47 Å². The van der Waals surface area contributed by atoms with Crippen molar-refractivity contribution in [2.75, 3.05) is 73.4 Å². The van der Waals surface area contributed by atoms with Gasteiger partial charge in [-0.05, 0) is 36.1 Å². The Morgan fingerprint density at radius 2 is 1.52 bits per heavy atom. The molecular formula is C21H32N2O4. The van der Waals surface area contributed by atoms with E-state index >= 15 is 0 Å². The number of hydrogen-bond acceptors (Lipinski definition) is 6. The van der Waals surface area contributed by atoms with Gasteiger partial charge in [-0.15, -0.1) is 0 Å². The molecule has 2 fully saturated rings. The summed E-state index contributed by atoms with van der Waals surface area (Å²) in [4.78, 5) is 5.14. The SMILES string of the molecule is COc1cc2c(cc1OC)C1(CCOCC1)CN(CCN1CCOCC1)C2. The van der Waals surface area contributed by atoms with Gasteiger partial charge in [-0.3, -0.25) is 9.80 Å². The predicted molar refractivity (Wildman–Crippen MR) is 104 cm³/mol. The van der Waals surface area contributed by atoms with E-state index in [-0.39, 0.29) is 5.41 Å². The first kappa shape index (κ1) is 19.0. The summed E-state index contributed by atoms with van der Waals surface area (Å²) < 4.78 is 22.4. The van der Waals surface area contributed by atoms with E-state index in [9.17, 15) is 0 Å². The van der Waals surface area contributed by atoms with Gasteiger partial charge in [-0.2, -0.15) is 0 Å². The number of fused-ring (bicyclic) bond motifs is 2. The molecule has 0 saturated carbocycles. The fraction of sp³-hybridized carbons (Fsp3) is 0.714. The second-order valence-electron chi connectivity index (χ2n) is 7.92. The minimum absolute atomic E-state index is 0.163. The third kappa shape index (κ3) is 3.94. The van der Waals surface area contributed by atoms with Gasteiger partial charge in [-0.25, -0.2) is 0 Å². The van der Waals surface area contributed by atoms with Crippen molar-refractivity contribution in [1.82, 2.24) is 9.80 Å². The number of methoxy groups -OCH3 is 2. The highest BCUT2D eigenvalue weighted by Gasteiger charge is 2.41. The van der Waals surface area contributed by atoms with Gasteiger partial charge in [0, 0.05) is 57.9 Å². The number of hydrogen-bond donors (Lipinski definition) is 0. The Bertz CT molecular complexity index is 639. The van der Waals surface area contributed by atoms with Crippen molar-refractivity contribution in [3.05, 3.63) is 23.3 Å². The molecule has 1 spiro atoms. The summed E-state index contributed by atoms with van der Waals surface area (Å²) in [5.41, 5.74) is 2.98. The minimum Gasteiger partial charge on any atom is -0.493 e. The van der Waals surface area contributed by atoms with Crippen LogP contribution in [-0.4, -0.2) is 83.2 Å². The monoisotopic (exact) mass is 376 g/mol. The number of rotatable bonds is 5. The summed E-state index contributed by atoms with van der Waals surface area (Å²) in [6.07, 6.45) is 2.15. The number of nitrogens with zero attached hydrogens (tertiary/aromatic N) is 2. The summed E-state index contributed by atoms with van der Waals surface area (Å²) >= 11 is 0. The fourth-order valence-electron chi connectivity index (χ4n) is 4.81. The average Bonchev–Trinajstić information content (AvgIpc) is 2.73. The van der Waals surface area contributed by atoms with E-state index < -0.39 is 0 Å². The summed E-state index contributed by atoms with van der Waals surface area (Å²) in [5.74, 6) is 1.66. The molecule has 0 atom stereocenters. The van der Waals surface area contributed by atoms with Crippen molar-refractivity contribution >= 4 is 0 Å². The Morgan fingerprint density at radius 1 is 0.889 bits per heavy atom. The predicted octanol–water partition coefficient (Wildman–Crippen LogP) is 1.90. The zero-order chi connectivity index (χ0) is 18.7. The van der Waals surface area contributed by atoms with Crippen LogP contribution in [0.25, 0.3) is 0 Å². The highest BCUT2D eigenvalue weighted by molar-refractivity contribution is 5.51. The van der Waals surface area contributed by atoms with Gasteiger partial charge < -0.3 is 18.9 Å². The first-order chi connectivity index (χ1) is 13.2. The van der Waals surface area contributed by atoms with Gasteiger partial charge in [0.05, 0.1) is 27.4 Å². The van der Waals surface area contributed by atoms with E-state index in [1.165, 1.54) is 11.1 Å². The molecule has 0 radical (unpaired) electrons. The van der Waals surface area contributed by atoms with Crippen LogP contribution in [0.1, 0.15) is 24.0 Å². The largest absolute Gasteiger partial charge is 0.493 e. The lowest BCUT2D eigenvalue weighted by atomic mass is 9.70. The quantitative estimate of drug-likeness (QED) is 0.782. The fourth-order valence-corrected chi connectivity index (χ4v) is 4.81. The lowest BCUT2D eigenvalue weighted by Crippen LogP contribution is -2.50. The summed E-state index contributed by atoms with van der Waals surface area (Å²) in [6, 6.07) is 4.41. The minimum atomic E-state index is 0.163. The highest BCUT2D eigenvalue weighted by Crippen LogP contribution is 2.45. The number of benzene rings is 1. The van der Waals surface area contributed by atoms with Crippen molar-refractivity contribution in [3.63, 3.8) is 0 Å². The van der Waals surface area contributed by atoms with Gasteiger partial charge in [0.25, 0.3) is 0 Å². The van der Waals surface area contributed by atoms with Crippen molar-refractivity contribution in [2.24, 2.45) is 0 Å². The molecule has 0 N–H and O–H groups in total. The van der Waals surface area contributed by atoms with Gasteiger partial charge in [0.15, 0.2) is 11.5 Å². The zero-order valence-electron chi connectivity index (χ0n) is 16.7. The molecule has 27 heavy (non-hydrogen) atoms. The Kier molecular flexibility index (Phi) is 5.88. The third-order valence-electron chi connectivity index (χ3n) is 6.39. The molecular weight excluding hydrogens is 344 g/mol. The normalized spacial score (nSPS) is 23.2. The van der Waals surface area contributed by atoms with Gasteiger partial charge in [0.1, 0.15) is 0 Å². The van der Waals surface area contributed by atoms with Crippen LogP contribution in [0.4, 0.5) is 0 Å². The smallest absolute Gasteiger partial charge is 0.161 e. The molecule has 6 nitrogen and oxygen atoms in total. The molecule has 3 heterocycles. The van der Waals surface area contributed by atoms with E-state index in [4.69, 9.17) is 18.9 Å². The molecule has 2 saturated heterocycles. The Balaban J connectivity index is 1.57. The van der Waals surface area contributed by atoms with E-state index in [0.29, 0.717) is 0 Å². The van der Waals surface area contributed by atoms with Crippen molar-refractivity contribution in [2.45, 2.75) is 24.8 Å². The molecule has 1 aromatic rings. The van der Waals surface area contributed by atoms with Gasteiger partial charge in [-0.1, -0.05) is 0 Å². The van der Waals surface area contributed by atoms with Gasteiger partial charge in [0.2, 0.25) is 0 Å². The maximum atomic E-state index is 5.71. The van der Waals surface area contributed by atoms with E-state index in [1.807, 2.05) is 0 Å². The Labute approximate surface area is 162 Å².